The van der Waals surface area contributed by atoms with Gasteiger partial charge in [0.2, 0.25) is 0 Å². The lowest BCUT2D eigenvalue weighted by Gasteiger charge is -1.98. The smallest absolute Gasteiger partial charge is 0.339 e. The second kappa shape index (κ2) is 5.86. The fourth-order valence-electron chi connectivity index (χ4n) is 1.43. The molecule has 5 nitrogen and oxygen atoms in total. The lowest BCUT2D eigenvalue weighted by Crippen LogP contribution is -2.03. The Balaban J connectivity index is 1.64. The summed E-state index contributed by atoms with van der Waals surface area (Å²) in [4.78, 5) is 12.5. The van der Waals surface area contributed by atoms with Crippen molar-refractivity contribution in [1.82, 2.24) is 10.2 Å². The van der Waals surface area contributed by atoms with Crippen LogP contribution in [-0.2, 0) is 11.3 Å². The Morgan fingerprint density at radius 2 is 2.25 bits per heavy atom. The molecule has 3 aromatic heterocycles. The summed E-state index contributed by atoms with van der Waals surface area (Å²) in [5.41, 5.74) is 0.525. The molecule has 0 aliphatic carbocycles. The number of aromatic nitrogens is 2. The zero-order valence-electron chi connectivity index (χ0n) is 9.91. The molecule has 0 bridgehead atoms. The summed E-state index contributed by atoms with van der Waals surface area (Å²) in [5.74, 6) is 0.292. The molecule has 20 heavy (non-hydrogen) atoms. The van der Waals surface area contributed by atoms with Crippen molar-refractivity contribution in [3.05, 3.63) is 44.2 Å². The van der Waals surface area contributed by atoms with Gasteiger partial charge >= 0.3 is 5.97 Å². The zero-order chi connectivity index (χ0) is 13.9. The molecule has 0 unspecified atom stereocenters. The predicted molar refractivity (Wildman–Crippen MR) is 78.7 cm³/mol. The molecule has 0 fully saturated rings. The van der Waals surface area contributed by atoms with Gasteiger partial charge in [0, 0.05) is 5.38 Å². The molecule has 0 N–H and O–H groups in total. The van der Waals surface area contributed by atoms with Crippen LogP contribution in [-0.4, -0.2) is 16.2 Å². The summed E-state index contributed by atoms with van der Waals surface area (Å²) in [5, 5.41) is 11.3. The van der Waals surface area contributed by atoms with Crippen molar-refractivity contribution < 1.29 is 13.9 Å². The molecule has 102 valence electrons. The first-order valence-electron chi connectivity index (χ1n) is 5.50. The van der Waals surface area contributed by atoms with E-state index in [9.17, 15) is 4.79 Å². The van der Waals surface area contributed by atoms with Crippen LogP contribution in [0.15, 0.2) is 37.2 Å². The van der Waals surface area contributed by atoms with E-state index in [2.05, 4.69) is 26.1 Å². The number of carbonyl (C=O) groups is 1. The van der Waals surface area contributed by atoms with Gasteiger partial charge in [0.05, 0.1) is 14.2 Å². The third-order valence-electron chi connectivity index (χ3n) is 2.33. The number of thiophene rings is 2. The van der Waals surface area contributed by atoms with Crippen molar-refractivity contribution in [3.63, 3.8) is 0 Å². The van der Waals surface area contributed by atoms with Crippen LogP contribution in [0.4, 0.5) is 0 Å². The number of hydrogen-bond donors (Lipinski definition) is 0. The Kier molecular flexibility index (Phi) is 3.95. The first-order valence-corrected chi connectivity index (χ1v) is 8.05. The summed E-state index contributed by atoms with van der Waals surface area (Å²) in [6.07, 6.45) is 0. The van der Waals surface area contributed by atoms with Gasteiger partial charge in [-0.3, -0.25) is 0 Å². The van der Waals surface area contributed by atoms with Crippen molar-refractivity contribution in [2.24, 2.45) is 0 Å². The van der Waals surface area contributed by atoms with Crippen LogP contribution in [0.5, 0.6) is 0 Å². The van der Waals surface area contributed by atoms with Crippen LogP contribution in [0.1, 0.15) is 16.2 Å². The minimum Gasteiger partial charge on any atom is -0.452 e. The molecule has 3 rings (SSSR count). The average molecular weight is 371 g/mol. The molecule has 3 heterocycles. The maximum absolute atomic E-state index is 11.6. The molecule has 0 spiro atoms. The Labute approximate surface area is 130 Å². The fourth-order valence-corrected chi connectivity index (χ4v) is 3.36. The Morgan fingerprint density at radius 3 is 2.95 bits per heavy atom. The van der Waals surface area contributed by atoms with E-state index in [-0.39, 0.29) is 12.5 Å². The third-order valence-corrected chi connectivity index (χ3v) is 4.63. The molecule has 0 saturated carbocycles. The van der Waals surface area contributed by atoms with Crippen molar-refractivity contribution >= 4 is 44.6 Å². The van der Waals surface area contributed by atoms with Crippen LogP contribution < -0.4 is 0 Å². The van der Waals surface area contributed by atoms with E-state index in [1.807, 2.05) is 17.5 Å². The van der Waals surface area contributed by atoms with E-state index in [1.54, 1.807) is 11.4 Å². The lowest BCUT2D eigenvalue weighted by molar-refractivity contribution is 0.0439. The highest BCUT2D eigenvalue weighted by Gasteiger charge is 2.13. The van der Waals surface area contributed by atoms with E-state index < -0.39 is 5.97 Å². The standard InChI is InChI=1S/C12H7BrN2O3S2/c13-9-2-1-8(20-9)11-15-14-10(18-11)5-17-12(16)7-3-4-19-6-7/h1-4,6H,5H2. The summed E-state index contributed by atoms with van der Waals surface area (Å²) in [6, 6.07) is 5.49. The molecule has 0 aliphatic rings. The number of carbonyl (C=O) groups excluding carboxylic acids is 1. The van der Waals surface area contributed by atoms with Gasteiger partial charge in [-0.2, -0.15) is 11.3 Å². The van der Waals surface area contributed by atoms with Crippen LogP contribution >= 0.6 is 38.6 Å². The van der Waals surface area contributed by atoms with E-state index in [4.69, 9.17) is 9.15 Å². The number of nitrogens with zero attached hydrogens (tertiary/aromatic N) is 2. The summed E-state index contributed by atoms with van der Waals surface area (Å²) in [7, 11) is 0. The van der Waals surface area contributed by atoms with E-state index >= 15 is 0 Å². The van der Waals surface area contributed by atoms with Gasteiger partial charge in [-0.1, -0.05) is 0 Å². The highest BCUT2D eigenvalue weighted by Crippen LogP contribution is 2.30. The van der Waals surface area contributed by atoms with Gasteiger partial charge in [-0.15, -0.1) is 21.5 Å². The minimum atomic E-state index is -0.398. The van der Waals surface area contributed by atoms with Gasteiger partial charge in [0.25, 0.3) is 11.8 Å². The lowest BCUT2D eigenvalue weighted by atomic mass is 10.3. The molecule has 0 saturated heterocycles. The first-order chi connectivity index (χ1) is 9.72. The molecule has 0 aliphatic heterocycles. The molecular formula is C12H7BrN2O3S2. The number of esters is 1. The van der Waals surface area contributed by atoms with E-state index in [0.29, 0.717) is 11.5 Å². The van der Waals surface area contributed by atoms with Crippen molar-refractivity contribution in [1.29, 1.82) is 0 Å². The molecule has 0 radical (unpaired) electrons. The van der Waals surface area contributed by atoms with Crippen molar-refractivity contribution in [3.8, 4) is 10.8 Å². The molecule has 0 amide bonds. The van der Waals surface area contributed by atoms with Gasteiger partial charge in [-0.25, -0.2) is 4.79 Å². The van der Waals surface area contributed by atoms with E-state index in [0.717, 1.165) is 8.66 Å². The molecule has 0 atom stereocenters. The SMILES string of the molecule is O=C(OCc1nnc(-c2ccc(Br)s2)o1)c1ccsc1. The third kappa shape index (κ3) is 2.97. The maximum Gasteiger partial charge on any atom is 0.339 e. The Bertz CT molecular complexity index is 721. The van der Waals surface area contributed by atoms with Gasteiger partial charge in [-0.05, 0) is 39.5 Å². The Morgan fingerprint density at radius 1 is 1.35 bits per heavy atom. The quantitative estimate of drug-likeness (QED) is 0.649. The monoisotopic (exact) mass is 370 g/mol. The van der Waals surface area contributed by atoms with E-state index in [1.165, 1.54) is 22.7 Å². The molecule has 3 aromatic rings. The second-order valence-electron chi connectivity index (χ2n) is 3.69. The summed E-state index contributed by atoms with van der Waals surface area (Å²) < 4.78 is 11.5. The number of ether oxygens (including phenoxy) is 1. The second-order valence-corrected chi connectivity index (χ2v) is 6.94. The van der Waals surface area contributed by atoms with Crippen LogP contribution in [0.25, 0.3) is 10.8 Å². The van der Waals surface area contributed by atoms with Crippen LogP contribution in [0, 0.1) is 0 Å². The topological polar surface area (TPSA) is 65.2 Å². The number of halogens is 1. The predicted octanol–water partition coefficient (Wildman–Crippen LogP) is 3.98. The highest BCUT2D eigenvalue weighted by molar-refractivity contribution is 9.11. The maximum atomic E-state index is 11.6. The molecule has 0 aromatic carbocycles. The average Bonchev–Trinajstić information content (AvgIpc) is 3.16. The highest BCUT2D eigenvalue weighted by atomic mass is 79.9. The Hall–Kier alpha value is -1.51. The van der Waals surface area contributed by atoms with Gasteiger partial charge < -0.3 is 9.15 Å². The summed E-state index contributed by atoms with van der Waals surface area (Å²) in [6.45, 7) is -0.0335. The van der Waals surface area contributed by atoms with Crippen molar-refractivity contribution in [2.75, 3.05) is 0 Å². The number of rotatable bonds is 4. The van der Waals surface area contributed by atoms with Crippen molar-refractivity contribution in [2.45, 2.75) is 6.61 Å². The molecule has 8 heteroatoms. The fraction of sp³-hybridized carbons (Fsp3) is 0.0833. The number of hydrogen-bond acceptors (Lipinski definition) is 7. The molecular weight excluding hydrogens is 364 g/mol. The van der Waals surface area contributed by atoms with Crippen LogP contribution in [0.3, 0.4) is 0 Å². The first kappa shape index (κ1) is 13.5. The zero-order valence-corrected chi connectivity index (χ0v) is 13.1. The minimum absolute atomic E-state index is 0.0335. The summed E-state index contributed by atoms with van der Waals surface area (Å²) >= 11 is 6.30. The normalized spacial score (nSPS) is 10.7. The van der Waals surface area contributed by atoms with Crippen LogP contribution in [0.2, 0.25) is 0 Å². The largest absolute Gasteiger partial charge is 0.452 e. The van der Waals surface area contributed by atoms with Gasteiger partial charge in [0.1, 0.15) is 0 Å². The van der Waals surface area contributed by atoms with Gasteiger partial charge in [0.15, 0.2) is 6.61 Å².